The van der Waals surface area contributed by atoms with Crippen molar-refractivity contribution in [2.45, 2.75) is 0 Å². The zero-order chi connectivity index (χ0) is 9.26. The maximum absolute atomic E-state index is 5.93. The Morgan fingerprint density at radius 3 is 2.85 bits per heavy atom. The van der Waals surface area contributed by atoms with E-state index in [1.54, 1.807) is 22.9 Å². The highest BCUT2D eigenvalue weighted by molar-refractivity contribution is 6.35. The van der Waals surface area contributed by atoms with Crippen molar-refractivity contribution in [2.75, 3.05) is 0 Å². The van der Waals surface area contributed by atoms with Gasteiger partial charge in [-0.05, 0) is 18.2 Å². The van der Waals surface area contributed by atoms with E-state index in [0.717, 1.165) is 0 Å². The Labute approximate surface area is 85.7 Å². The molecular weight excluding hydrogens is 207 g/mol. The molecule has 2 rings (SSSR count). The number of pyridine rings is 1. The maximum atomic E-state index is 5.93. The van der Waals surface area contributed by atoms with Gasteiger partial charge in [-0.3, -0.25) is 4.57 Å². The van der Waals surface area contributed by atoms with Gasteiger partial charge in [0.25, 0.3) is 0 Å². The van der Waals surface area contributed by atoms with E-state index in [1.807, 2.05) is 12.3 Å². The van der Waals surface area contributed by atoms with Gasteiger partial charge in [-0.15, -0.1) is 0 Å². The molecule has 2 aromatic heterocycles. The zero-order valence-electron chi connectivity index (χ0n) is 6.54. The van der Waals surface area contributed by atoms with E-state index in [-0.39, 0.29) is 0 Å². The van der Waals surface area contributed by atoms with Crippen molar-refractivity contribution in [1.82, 2.24) is 9.55 Å². The van der Waals surface area contributed by atoms with Gasteiger partial charge in [-0.1, -0.05) is 23.2 Å². The summed E-state index contributed by atoms with van der Waals surface area (Å²) in [6.07, 6.45) is 6.31. The van der Waals surface area contributed by atoms with E-state index in [9.17, 15) is 0 Å². The molecule has 2 aromatic rings. The highest BCUT2D eigenvalue weighted by atomic mass is 35.5. The smallest absolute Gasteiger partial charge is 0.156 e. The van der Waals surface area contributed by atoms with E-state index in [0.29, 0.717) is 15.9 Å². The van der Waals surface area contributed by atoms with E-state index in [1.165, 1.54) is 0 Å². The molecule has 0 aliphatic carbocycles. The standard InChI is InChI=1S/C9H5Cl2N2/c10-7-5-8(11)9(12-6-7)13-3-1-2-4-13/h1-3,5-6H. The van der Waals surface area contributed by atoms with Crippen molar-refractivity contribution < 1.29 is 0 Å². The summed E-state index contributed by atoms with van der Waals surface area (Å²) < 4.78 is 1.71. The van der Waals surface area contributed by atoms with Crippen LogP contribution in [0.4, 0.5) is 0 Å². The van der Waals surface area contributed by atoms with Gasteiger partial charge in [0, 0.05) is 12.4 Å². The summed E-state index contributed by atoms with van der Waals surface area (Å²) in [4.78, 5) is 4.09. The van der Waals surface area contributed by atoms with Crippen LogP contribution in [0.1, 0.15) is 0 Å². The van der Waals surface area contributed by atoms with Crippen molar-refractivity contribution in [1.29, 1.82) is 0 Å². The van der Waals surface area contributed by atoms with Crippen LogP contribution in [0, 0.1) is 6.20 Å². The Hall–Kier alpha value is -0.990. The van der Waals surface area contributed by atoms with Gasteiger partial charge in [-0.25, -0.2) is 4.98 Å². The second kappa shape index (κ2) is 3.40. The lowest BCUT2D eigenvalue weighted by Crippen LogP contribution is -1.94. The van der Waals surface area contributed by atoms with E-state index in [2.05, 4.69) is 11.2 Å². The summed E-state index contributed by atoms with van der Waals surface area (Å²) in [6, 6.07) is 5.29. The van der Waals surface area contributed by atoms with Crippen LogP contribution in [0.25, 0.3) is 5.82 Å². The molecule has 0 fully saturated rings. The van der Waals surface area contributed by atoms with Crippen LogP contribution in [0.3, 0.4) is 0 Å². The van der Waals surface area contributed by atoms with Gasteiger partial charge in [-0.2, -0.15) is 0 Å². The molecule has 0 saturated carbocycles. The fourth-order valence-electron chi connectivity index (χ4n) is 1.01. The summed E-state index contributed by atoms with van der Waals surface area (Å²) in [7, 11) is 0. The molecule has 1 radical (unpaired) electrons. The molecule has 4 heteroatoms. The van der Waals surface area contributed by atoms with Gasteiger partial charge in [0.2, 0.25) is 0 Å². The molecule has 0 unspecified atom stereocenters. The molecule has 0 saturated heterocycles. The molecular formula is C9H5Cl2N2. The molecule has 2 nitrogen and oxygen atoms in total. The monoisotopic (exact) mass is 211 g/mol. The number of nitrogens with zero attached hydrogens (tertiary/aromatic N) is 2. The molecule has 0 atom stereocenters. The number of hydrogen-bond donors (Lipinski definition) is 0. The fraction of sp³-hybridized carbons (Fsp3) is 0. The number of rotatable bonds is 1. The number of halogens is 2. The highest BCUT2D eigenvalue weighted by Crippen LogP contribution is 2.21. The van der Waals surface area contributed by atoms with Crippen LogP contribution in [0.5, 0.6) is 0 Å². The van der Waals surface area contributed by atoms with Crippen LogP contribution in [0.15, 0.2) is 30.6 Å². The first-order valence-electron chi connectivity index (χ1n) is 3.64. The summed E-state index contributed by atoms with van der Waals surface area (Å²) in [6.45, 7) is 0. The van der Waals surface area contributed by atoms with Crippen molar-refractivity contribution >= 4 is 23.2 Å². The first-order valence-corrected chi connectivity index (χ1v) is 4.39. The minimum atomic E-state index is 0.514. The van der Waals surface area contributed by atoms with E-state index < -0.39 is 0 Å². The molecule has 0 amide bonds. The van der Waals surface area contributed by atoms with Gasteiger partial charge in [0.15, 0.2) is 5.82 Å². The van der Waals surface area contributed by atoms with Crippen LogP contribution >= 0.6 is 23.2 Å². The second-order valence-corrected chi connectivity index (χ2v) is 3.31. The minimum absolute atomic E-state index is 0.514. The van der Waals surface area contributed by atoms with Crippen molar-refractivity contribution in [3.8, 4) is 5.82 Å². The zero-order valence-corrected chi connectivity index (χ0v) is 8.05. The molecule has 2 heterocycles. The predicted octanol–water partition coefficient (Wildman–Crippen LogP) is 2.98. The van der Waals surface area contributed by atoms with Crippen molar-refractivity contribution in [3.63, 3.8) is 0 Å². The number of aromatic nitrogens is 2. The van der Waals surface area contributed by atoms with Gasteiger partial charge in [0.05, 0.1) is 16.2 Å². The molecule has 0 bridgehead atoms. The van der Waals surface area contributed by atoms with Gasteiger partial charge in [0.1, 0.15) is 0 Å². The molecule has 13 heavy (non-hydrogen) atoms. The first kappa shape index (κ1) is 8.60. The van der Waals surface area contributed by atoms with Crippen molar-refractivity contribution in [3.05, 3.63) is 46.8 Å². The summed E-state index contributed by atoms with van der Waals surface area (Å²) in [5.41, 5.74) is 0. The first-order chi connectivity index (χ1) is 6.27. The molecule has 0 aromatic carbocycles. The molecule has 0 spiro atoms. The average molecular weight is 212 g/mol. The number of hydrogen-bond acceptors (Lipinski definition) is 1. The Kier molecular flexibility index (Phi) is 2.25. The largest absolute Gasteiger partial charge is 0.298 e. The van der Waals surface area contributed by atoms with Crippen LogP contribution < -0.4 is 0 Å². The third kappa shape index (κ3) is 1.69. The fourth-order valence-corrected chi connectivity index (χ4v) is 1.48. The summed E-state index contributed by atoms with van der Waals surface area (Å²) >= 11 is 11.6. The second-order valence-electron chi connectivity index (χ2n) is 2.47. The Bertz CT molecular complexity index is 410. The van der Waals surface area contributed by atoms with Crippen LogP contribution in [-0.2, 0) is 0 Å². The molecule has 0 aliphatic rings. The lowest BCUT2D eigenvalue weighted by molar-refractivity contribution is 1.00. The summed E-state index contributed by atoms with van der Waals surface area (Å²) in [5, 5.41) is 1.04. The van der Waals surface area contributed by atoms with Gasteiger partial charge < -0.3 is 0 Å². The SMILES string of the molecule is Clc1cnc(-n2[c]ccc2)c(Cl)c1. The average Bonchev–Trinajstić information content (AvgIpc) is 2.56. The maximum Gasteiger partial charge on any atom is 0.156 e. The third-order valence-corrected chi connectivity index (χ3v) is 2.05. The quantitative estimate of drug-likeness (QED) is 0.710. The van der Waals surface area contributed by atoms with Crippen LogP contribution in [-0.4, -0.2) is 9.55 Å². The van der Waals surface area contributed by atoms with E-state index in [4.69, 9.17) is 23.2 Å². The molecule has 65 valence electrons. The van der Waals surface area contributed by atoms with Gasteiger partial charge >= 0.3 is 0 Å². The molecule has 0 N–H and O–H groups in total. The lowest BCUT2D eigenvalue weighted by Gasteiger charge is -2.03. The normalized spacial score (nSPS) is 10.3. The minimum Gasteiger partial charge on any atom is -0.298 e. The predicted molar refractivity (Wildman–Crippen MR) is 52.4 cm³/mol. The lowest BCUT2D eigenvalue weighted by atomic mass is 10.4. The van der Waals surface area contributed by atoms with Crippen LogP contribution in [0.2, 0.25) is 10.0 Å². The topological polar surface area (TPSA) is 17.8 Å². The third-order valence-electron chi connectivity index (χ3n) is 1.56. The summed E-state index contributed by atoms with van der Waals surface area (Å²) in [5.74, 6) is 0.635. The molecule has 0 aliphatic heterocycles. The van der Waals surface area contributed by atoms with E-state index >= 15 is 0 Å². The Morgan fingerprint density at radius 2 is 2.23 bits per heavy atom. The Morgan fingerprint density at radius 1 is 1.38 bits per heavy atom. The Balaban J connectivity index is 2.53. The highest BCUT2D eigenvalue weighted by Gasteiger charge is 2.03. The van der Waals surface area contributed by atoms with Crippen molar-refractivity contribution in [2.24, 2.45) is 0 Å².